The lowest BCUT2D eigenvalue weighted by atomic mass is 9.91. The number of halogens is 2. The maximum Gasteiger partial charge on any atom is 0.162 e. The molecule has 2 aromatic carbocycles. The Labute approximate surface area is 164 Å². The number of thiazole rings is 1. The first-order chi connectivity index (χ1) is 12.6. The van der Waals surface area contributed by atoms with E-state index in [9.17, 15) is 5.11 Å². The van der Waals surface area contributed by atoms with Crippen molar-refractivity contribution < 1.29 is 5.11 Å². The number of pyridine rings is 1. The van der Waals surface area contributed by atoms with E-state index >= 15 is 0 Å². The molecule has 1 N–H and O–H groups in total. The van der Waals surface area contributed by atoms with Gasteiger partial charge in [0.1, 0.15) is 5.01 Å². The van der Waals surface area contributed by atoms with E-state index in [2.05, 4.69) is 9.97 Å². The van der Waals surface area contributed by atoms with Gasteiger partial charge in [0.25, 0.3) is 0 Å². The Hall–Kier alpha value is -1.98. The molecule has 0 radical (unpaired) electrons. The van der Waals surface area contributed by atoms with Gasteiger partial charge in [-0.05, 0) is 42.0 Å². The van der Waals surface area contributed by atoms with E-state index < -0.39 is 5.60 Å². The fourth-order valence-electron chi connectivity index (χ4n) is 2.87. The topological polar surface area (TPSA) is 46.0 Å². The van der Waals surface area contributed by atoms with Gasteiger partial charge in [0, 0.05) is 22.7 Å². The fourth-order valence-corrected chi connectivity index (χ4v) is 4.41. The summed E-state index contributed by atoms with van der Waals surface area (Å²) < 4.78 is 1.01. The van der Waals surface area contributed by atoms with E-state index in [-0.39, 0.29) is 6.42 Å². The first-order valence-corrected chi connectivity index (χ1v) is 9.57. The second kappa shape index (κ2) is 6.97. The zero-order valence-corrected chi connectivity index (χ0v) is 15.9. The molecule has 2 heterocycles. The summed E-state index contributed by atoms with van der Waals surface area (Å²) in [4.78, 5) is 9.05. The van der Waals surface area contributed by atoms with Gasteiger partial charge in [-0.2, -0.15) is 0 Å². The summed E-state index contributed by atoms with van der Waals surface area (Å²) in [7, 11) is 0. The number of nitrogens with zero attached hydrogens (tertiary/aromatic N) is 2. The van der Waals surface area contributed by atoms with Gasteiger partial charge < -0.3 is 5.11 Å². The van der Waals surface area contributed by atoms with Crippen LogP contribution in [0.1, 0.15) is 16.3 Å². The molecule has 4 rings (SSSR count). The van der Waals surface area contributed by atoms with Crippen molar-refractivity contribution in [3.05, 3.63) is 93.2 Å². The third kappa shape index (κ3) is 3.21. The lowest BCUT2D eigenvalue weighted by Gasteiger charge is -2.26. The highest BCUT2D eigenvalue weighted by Gasteiger charge is 2.37. The Balaban J connectivity index is 1.87. The van der Waals surface area contributed by atoms with E-state index in [4.69, 9.17) is 23.2 Å². The minimum atomic E-state index is -1.39. The summed E-state index contributed by atoms with van der Waals surface area (Å²) in [5, 5.41) is 13.3. The van der Waals surface area contributed by atoms with Gasteiger partial charge >= 0.3 is 0 Å². The predicted octanol–water partition coefficient (Wildman–Crippen LogP) is 5.48. The average molecular weight is 401 g/mol. The smallest absolute Gasteiger partial charge is 0.162 e. The summed E-state index contributed by atoms with van der Waals surface area (Å²) in [6, 6.07) is 18.6. The molecule has 0 aliphatic heterocycles. The first kappa shape index (κ1) is 17.4. The van der Waals surface area contributed by atoms with Gasteiger partial charge in [0.2, 0.25) is 0 Å². The highest BCUT2D eigenvalue weighted by atomic mass is 35.5. The molecule has 0 saturated heterocycles. The van der Waals surface area contributed by atoms with E-state index in [0.29, 0.717) is 20.7 Å². The van der Waals surface area contributed by atoms with Crippen LogP contribution in [0.3, 0.4) is 0 Å². The van der Waals surface area contributed by atoms with Crippen LogP contribution in [-0.2, 0) is 12.0 Å². The quantitative estimate of drug-likeness (QED) is 0.493. The van der Waals surface area contributed by atoms with Crippen molar-refractivity contribution >= 4 is 44.8 Å². The van der Waals surface area contributed by atoms with Gasteiger partial charge in [0.05, 0.1) is 15.9 Å². The summed E-state index contributed by atoms with van der Waals surface area (Å²) in [6.07, 6.45) is 1.91. The third-order valence-electron chi connectivity index (χ3n) is 4.20. The Bertz CT molecular complexity index is 1030. The molecule has 3 nitrogen and oxygen atoms in total. The molecule has 2 aromatic heterocycles. The number of fused-ring (bicyclic) bond motifs is 1. The van der Waals surface area contributed by atoms with E-state index in [0.717, 1.165) is 15.8 Å². The molecule has 0 amide bonds. The van der Waals surface area contributed by atoms with Crippen molar-refractivity contribution in [2.45, 2.75) is 12.0 Å². The Morgan fingerprint density at radius 3 is 2.54 bits per heavy atom. The monoisotopic (exact) mass is 400 g/mol. The zero-order chi connectivity index (χ0) is 18.1. The molecule has 26 heavy (non-hydrogen) atoms. The van der Waals surface area contributed by atoms with Crippen LogP contribution in [0.5, 0.6) is 0 Å². The molecular formula is C20H14Cl2N2OS. The molecule has 0 fully saturated rings. The molecule has 0 spiro atoms. The van der Waals surface area contributed by atoms with Gasteiger partial charge in [-0.15, -0.1) is 11.3 Å². The molecule has 1 atom stereocenters. The number of hydrogen-bond donors (Lipinski definition) is 1. The number of rotatable bonds is 4. The Kier molecular flexibility index (Phi) is 4.67. The Morgan fingerprint density at radius 1 is 1.00 bits per heavy atom. The summed E-state index contributed by atoms with van der Waals surface area (Å²) in [6.45, 7) is 0. The minimum Gasteiger partial charge on any atom is -0.376 e. The highest BCUT2D eigenvalue weighted by molar-refractivity contribution is 7.18. The number of aliphatic hydroxyl groups is 1. The molecule has 0 bridgehead atoms. The van der Waals surface area contributed by atoms with Gasteiger partial charge in [0.15, 0.2) is 5.60 Å². The van der Waals surface area contributed by atoms with Crippen LogP contribution in [0, 0.1) is 0 Å². The van der Waals surface area contributed by atoms with Crippen LogP contribution in [0.2, 0.25) is 10.0 Å². The zero-order valence-electron chi connectivity index (χ0n) is 13.6. The average Bonchev–Trinajstić information content (AvgIpc) is 3.09. The van der Waals surface area contributed by atoms with Crippen molar-refractivity contribution in [2.24, 2.45) is 0 Å². The number of para-hydroxylation sites is 1. The van der Waals surface area contributed by atoms with Crippen LogP contribution in [0.15, 0.2) is 66.9 Å². The van der Waals surface area contributed by atoms with Crippen LogP contribution in [0.4, 0.5) is 0 Å². The lowest BCUT2D eigenvalue weighted by Crippen LogP contribution is -2.31. The molecule has 130 valence electrons. The number of hydrogen-bond acceptors (Lipinski definition) is 4. The number of aromatic nitrogens is 2. The fraction of sp³-hybridized carbons (Fsp3) is 0.100. The van der Waals surface area contributed by atoms with Gasteiger partial charge in [-0.1, -0.05) is 47.5 Å². The maximum absolute atomic E-state index is 11.7. The van der Waals surface area contributed by atoms with E-state index in [1.54, 1.807) is 24.4 Å². The largest absolute Gasteiger partial charge is 0.376 e. The molecule has 0 aliphatic carbocycles. The normalized spacial score (nSPS) is 13.7. The second-order valence-electron chi connectivity index (χ2n) is 5.97. The van der Waals surface area contributed by atoms with Crippen molar-refractivity contribution in [1.82, 2.24) is 9.97 Å². The number of benzene rings is 2. The summed E-state index contributed by atoms with van der Waals surface area (Å²) in [5.74, 6) is 0. The van der Waals surface area contributed by atoms with Crippen LogP contribution in [-0.4, -0.2) is 15.1 Å². The van der Waals surface area contributed by atoms with Gasteiger partial charge in [-0.25, -0.2) is 4.98 Å². The SMILES string of the molecule is OC(Cc1ccc(Cl)cc1Cl)(c1ccccn1)c1nc2ccccc2s1. The maximum atomic E-state index is 11.7. The van der Waals surface area contributed by atoms with Crippen molar-refractivity contribution in [3.8, 4) is 0 Å². The minimum absolute atomic E-state index is 0.250. The van der Waals surface area contributed by atoms with Crippen LogP contribution >= 0.6 is 34.5 Å². The molecule has 0 saturated carbocycles. The molecular weight excluding hydrogens is 387 g/mol. The van der Waals surface area contributed by atoms with E-state index in [1.807, 2.05) is 42.5 Å². The van der Waals surface area contributed by atoms with Crippen molar-refractivity contribution in [2.75, 3.05) is 0 Å². The predicted molar refractivity (Wildman–Crippen MR) is 107 cm³/mol. The van der Waals surface area contributed by atoms with Crippen LogP contribution in [0.25, 0.3) is 10.2 Å². The molecule has 1 unspecified atom stereocenters. The molecule has 0 aliphatic rings. The van der Waals surface area contributed by atoms with Crippen molar-refractivity contribution in [3.63, 3.8) is 0 Å². The van der Waals surface area contributed by atoms with Crippen LogP contribution < -0.4 is 0 Å². The highest BCUT2D eigenvalue weighted by Crippen LogP contribution is 2.38. The molecule has 4 aromatic rings. The summed E-state index contributed by atoms with van der Waals surface area (Å²) >= 11 is 13.8. The molecule has 6 heteroatoms. The summed E-state index contributed by atoms with van der Waals surface area (Å²) in [5.41, 5.74) is 0.778. The second-order valence-corrected chi connectivity index (χ2v) is 7.85. The Morgan fingerprint density at radius 2 is 1.81 bits per heavy atom. The first-order valence-electron chi connectivity index (χ1n) is 8.00. The van der Waals surface area contributed by atoms with E-state index in [1.165, 1.54) is 11.3 Å². The van der Waals surface area contributed by atoms with Gasteiger partial charge in [-0.3, -0.25) is 4.98 Å². The van der Waals surface area contributed by atoms with Crippen molar-refractivity contribution in [1.29, 1.82) is 0 Å². The lowest BCUT2D eigenvalue weighted by molar-refractivity contribution is 0.0764. The third-order valence-corrected chi connectivity index (χ3v) is 5.97. The standard InChI is InChI=1S/C20H14Cl2N2OS/c21-14-9-8-13(15(22)11-14)12-20(25,18-7-3-4-10-23-18)19-24-16-5-1-2-6-17(16)26-19/h1-11,25H,12H2.